The van der Waals surface area contributed by atoms with Gasteiger partial charge in [-0.2, -0.15) is 0 Å². The molecule has 0 aromatic carbocycles. The summed E-state index contributed by atoms with van der Waals surface area (Å²) >= 11 is 0. The maximum Gasteiger partial charge on any atom is 0.211 e. The standard InChI is InChI=1S/C7H15NO3/c1-8(2,3)5-6(9)4-7(10)11/h6,9H,4-5H2,1-3H3/t6-/m1/s1/i1D3,4D2,5D2,9D. The van der Waals surface area contributed by atoms with E-state index in [0.29, 0.717) is 0 Å². The summed E-state index contributed by atoms with van der Waals surface area (Å²) < 4.78 is 56.8. The molecule has 0 saturated carbocycles. The van der Waals surface area contributed by atoms with Gasteiger partial charge in [0, 0.05) is 15.1 Å². The lowest BCUT2D eigenvalue weighted by atomic mass is 10.2. The Hall–Kier alpha value is -0.610. The van der Waals surface area contributed by atoms with E-state index in [2.05, 4.69) is 5.11 Å². The van der Waals surface area contributed by atoms with Crippen LogP contribution in [-0.2, 0) is 4.79 Å². The quantitative estimate of drug-likeness (QED) is 0.494. The van der Waals surface area contributed by atoms with Crippen molar-refractivity contribution < 1.29 is 29.1 Å². The molecular formula is C7H15NO3. The lowest BCUT2D eigenvalue weighted by Gasteiger charge is -2.26. The van der Waals surface area contributed by atoms with Gasteiger partial charge in [0.2, 0.25) is 1.43 Å². The molecule has 0 spiro atoms. The number of carboxylic acids is 1. The normalized spacial score (nSPS) is 28.9. The molecule has 0 rings (SSSR count). The van der Waals surface area contributed by atoms with Crippen molar-refractivity contribution in [2.75, 3.05) is 27.6 Å². The highest BCUT2D eigenvalue weighted by Crippen LogP contribution is 1.97. The maximum absolute atomic E-state index is 10.7. The van der Waals surface area contributed by atoms with Gasteiger partial charge in [0.15, 0.2) is 0 Å². The van der Waals surface area contributed by atoms with E-state index in [9.17, 15) is 9.90 Å². The molecule has 0 bridgehead atoms. The zero-order chi connectivity index (χ0) is 15.9. The lowest BCUT2D eigenvalue weighted by molar-refractivity contribution is -0.873. The van der Waals surface area contributed by atoms with Crippen LogP contribution in [0.3, 0.4) is 0 Å². The fraction of sp³-hybridized carbons (Fsp3) is 0.857. The largest absolute Gasteiger partial charge is 0.550 e. The summed E-state index contributed by atoms with van der Waals surface area (Å²) in [5.41, 5.74) is 0. The van der Waals surface area contributed by atoms with Crippen molar-refractivity contribution in [2.45, 2.75) is 12.5 Å². The number of aliphatic carboxylic acids is 1. The van der Waals surface area contributed by atoms with Gasteiger partial charge >= 0.3 is 0 Å². The molecule has 4 nitrogen and oxygen atoms in total. The highest BCUT2D eigenvalue weighted by atomic mass is 16.4. The Morgan fingerprint density at radius 1 is 2.00 bits per heavy atom. The topological polar surface area (TPSA) is 60.4 Å². The molecule has 0 aliphatic carbocycles. The van der Waals surface area contributed by atoms with Crippen molar-refractivity contribution in [2.24, 2.45) is 0 Å². The van der Waals surface area contributed by atoms with Crippen LogP contribution in [0.1, 0.15) is 16.0 Å². The second-order valence-electron chi connectivity index (χ2n) is 2.39. The summed E-state index contributed by atoms with van der Waals surface area (Å²) in [6.45, 7) is -5.93. The van der Waals surface area contributed by atoms with Gasteiger partial charge < -0.3 is 19.5 Å². The fourth-order valence-corrected chi connectivity index (χ4v) is 0.432. The average molecular weight is 169 g/mol. The van der Waals surface area contributed by atoms with Crippen LogP contribution in [-0.4, -0.2) is 50.7 Å². The van der Waals surface area contributed by atoms with E-state index in [1.807, 2.05) is 0 Å². The molecule has 0 aromatic heterocycles. The highest BCUT2D eigenvalue weighted by molar-refractivity contribution is 5.64. The first kappa shape index (κ1) is 3.03. The zero-order valence-corrected chi connectivity index (χ0v) is 6.25. The van der Waals surface area contributed by atoms with Gasteiger partial charge in [-0.25, -0.2) is 0 Å². The molecule has 0 heterocycles. The second-order valence-corrected chi connectivity index (χ2v) is 2.39. The lowest BCUT2D eigenvalue weighted by Crippen LogP contribution is -2.43. The van der Waals surface area contributed by atoms with Crippen LogP contribution in [0.5, 0.6) is 0 Å². The van der Waals surface area contributed by atoms with Crippen LogP contribution in [0.4, 0.5) is 0 Å². The number of aliphatic hydroxyl groups excluding tert-OH is 1. The van der Waals surface area contributed by atoms with E-state index in [-0.39, 0.29) is 0 Å². The smallest absolute Gasteiger partial charge is 0.211 e. The first-order valence-electron chi connectivity index (χ1n) is 6.72. The summed E-state index contributed by atoms with van der Waals surface area (Å²) in [6, 6.07) is 0. The van der Waals surface area contributed by atoms with Gasteiger partial charge in [-0.1, -0.05) is 0 Å². The Morgan fingerprint density at radius 3 is 3.00 bits per heavy atom. The molecule has 0 aliphatic heterocycles. The van der Waals surface area contributed by atoms with Crippen molar-refractivity contribution >= 4 is 5.97 Å². The van der Waals surface area contributed by atoms with Crippen LogP contribution in [0.15, 0.2) is 0 Å². The Bertz CT molecular complexity index is 353. The van der Waals surface area contributed by atoms with E-state index < -0.39 is 36.4 Å². The summed E-state index contributed by atoms with van der Waals surface area (Å²) in [6.07, 6.45) is -5.85. The van der Waals surface area contributed by atoms with Crippen molar-refractivity contribution in [1.82, 2.24) is 0 Å². The first-order chi connectivity index (χ1) is 8.14. The molecule has 4 heteroatoms. The summed E-state index contributed by atoms with van der Waals surface area (Å²) in [5.74, 6) is -2.29. The molecule has 11 heavy (non-hydrogen) atoms. The molecule has 1 atom stereocenters. The number of hydrogen-bond donors (Lipinski definition) is 1. The fourth-order valence-electron chi connectivity index (χ4n) is 0.432. The van der Waals surface area contributed by atoms with Crippen LogP contribution in [0.25, 0.3) is 0 Å². The Balaban J connectivity index is 5.80. The van der Waals surface area contributed by atoms with Crippen LogP contribution in [0.2, 0.25) is 0 Å². The SMILES string of the molecule is [2H]O[C@H](C([2H])([2H])C(=O)[O-])C([2H])([2H])[N+](C)(C)C([2H])([2H])[2H]. The number of rotatable bonds is 5. The number of aliphatic hydroxyl groups is 1. The van der Waals surface area contributed by atoms with Gasteiger partial charge in [0.05, 0.1) is 27.9 Å². The van der Waals surface area contributed by atoms with E-state index in [0.717, 1.165) is 14.1 Å². The Morgan fingerprint density at radius 2 is 2.64 bits per heavy atom. The maximum atomic E-state index is 10.7. The molecule has 0 saturated heterocycles. The van der Waals surface area contributed by atoms with Gasteiger partial charge in [0.25, 0.3) is 0 Å². The summed E-state index contributed by atoms with van der Waals surface area (Å²) in [7, 11) is 1.84. The van der Waals surface area contributed by atoms with Gasteiger partial charge in [-0.05, 0) is 0 Å². The monoisotopic (exact) mass is 169 g/mol. The highest BCUT2D eigenvalue weighted by Gasteiger charge is 2.14. The molecule has 0 fully saturated rings. The zero-order valence-electron chi connectivity index (χ0n) is 14.2. The third kappa shape index (κ3) is 7.29. The predicted molar refractivity (Wildman–Crippen MR) is 38.5 cm³/mol. The number of carbonyl (C=O) groups excluding carboxylic acids is 1. The Kier molecular flexibility index (Phi) is 1.02. The van der Waals surface area contributed by atoms with E-state index in [4.69, 9.17) is 11.0 Å². The van der Waals surface area contributed by atoms with E-state index in [1.165, 1.54) is 0 Å². The third-order valence-corrected chi connectivity index (χ3v) is 0.689. The minimum Gasteiger partial charge on any atom is -0.550 e. The van der Waals surface area contributed by atoms with Crippen molar-refractivity contribution in [3.63, 3.8) is 0 Å². The first-order valence-corrected chi connectivity index (χ1v) is 2.81. The molecule has 0 amide bonds. The average Bonchev–Trinajstić information content (AvgIpc) is 2.15. The third-order valence-electron chi connectivity index (χ3n) is 0.689. The molecule has 0 aliphatic rings. The van der Waals surface area contributed by atoms with Crippen LogP contribution >= 0.6 is 0 Å². The minimum atomic E-state index is -3.37. The molecule has 0 unspecified atom stereocenters. The second kappa shape index (κ2) is 3.69. The van der Waals surface area contributed by atoms with Crippen molar-refractivity contribution in [3.8, 4) is 0 Å². The number of carboxylic acid groups (broad SMARTS) is 1. The minimum absolute atomic E-state index is 0.921. The molecular weight excluding hydrogens is 146 g/mol. The van der Waals surface area contributed by atoms with Crippen molar-refractivity contribution in [3.05, 3.63) is 0 Å². The van der Waals surface area contributed by atoms with Gasteiger partial charge in [-0.3, -0.25) is 0 Å². The Labute approximate surface area is 78.0 Å². The van der Waals surface area contributed by atoms with Gasteiger partial charge in [0.1, 0.15) is 12.6 Å². The van der Waals surface area contributed by atoms with E-state index in [1.54, 1.807) is 0 Å². The number of nitrogens with zero attached hydrogens (tertiary/aromatic N) is 1. The summed E-state index contributed by atoms with van der Waals surface area (Å²) in [4.78, 5) is 10.7. The van der Waals surface area contributed by atoms with Gasteiger partial charge in [-0.15, -0.1) is 0 Å². The van der Waals surface area contributed by atoms with Crippen molar-refractivity contribution in [1.29, 1.82) is 1.43 Å². The van der Waals surface area contributed by atoms with E-state index >= 15 is 0 Å². The number of quaternary nitrogens is 1. The van der Waals surface area contributed by atoms with Crippen LogP contribution < -0.4 is 5.11 Å². The molecule has 66 valence electrons. The molecule has 1 N–H and O–H groups in total. The summed E-state index contributed by atoms with van der Waals surface area (Å²) in [5, 5.41) is 14.5. The number of likely N-dealkylation sites (N-methyl/N-ethyl adjacent to an activating group) is 1. The van der Waals surface area contributed by atoms with Crippen LogP contribution in [0, 0.1) is 0 Å². The predicted octanol–water partition coefficient (Wildman–Crippen LogP) is -1.81. The number of carbonyl (C=O) groups is 1. The molecule has 0 radical (unpaired) electrons. The molecule has 0 aromatic rings. The number of hydrogen-bond acceptors (Lipinski definition) is 3.